The maximum absolute atomic E-state index is 4.48. The van der Waals surface area contributed by atoms with Gasteiger partial charge in [-0.15, -0.1) is 23.5 Å². The van der Waals surface area contributed by atoms with Crippen molar-refractivity contribution in [3.05, 3.63) is 24.8 Å². The van der Waals surface area contributed by atoms with Crippen LogP contribution in [0.3, 0.4) is 0 Å². The molecule has 0 aromatic carbocycles. The summed E-state index contributed by atoms with van der Waals surface area (Å²) in [5, 5.41) is 0. The van der Waals surface area contributed by atoms with Crippen molar-refractivity contribution in [3.8, 4) is 0 Å². The normalized spacial score (nSPS) is 15.6. The first-order valence-corrected chi connectivity index (χ1v) is 9.97. The highest BCUT2D eigenvalue weighted by Crippen LogP contribution is 2.18. The summed E-state index contributed by atoms with van der Waals surface area (Å²) in [6, 6.07) is 0. The van der Waals surface area contributed by atoms with Crippen LogP contribution in [0.4, 0.5) is 11.9 Å². The number of hydrogen-bond donors (Lipinski definition) is 0. The maximum atomic E-state index is 4.48. The minimum atomic E-state index is 0.809. The Hall–Kier alpha value is -1.54. The second-order valence-electron chi connectivity index (χ2n) is 5.17. The molecule has 122 valence electrons. The molecule has 3 heterocycles. The third-order valence-corrected chi connectivity index (χ3v) is 5.13. The lowest BCUT2D eigenvalue weighted by Gasteiger charge is -2.22. The number of nitrogens with zero attached hydrogens (tertiary/aromatic N) is 6. The highest BCUT2D eigenvalue weighted by Gasteiger charge is 2.18. The Balaban J connectivity index is 1.66. The number of hydrogen-bond acceptors (Lipinski definition) is 8. The number of rotatable bonds is 4. The molecule has 1 aliphatic heterocycles. The molecule has 8 heteroatoms. The summed E-state index contributed by atoms with van der Waals surface area (Å²) < 4.78 is 0. The van der Waals surface area contributed by atoms with Gasteiger partial charge in [0.15, 0.2) is 0 Å². The Morgan fingerprint density at radius 1 is 0.696 bits per heavy atom. The molecule has 6 nitrogen and oxygen atoms in total. The van der Waals surface area contributed by atoms with E-state index in [1.54, 1.807) is 23.5 Å². The third-order valence-electron chi connectivity index (χ3n) is 3.76. The van der Waals surface area contributed by atoms with Gasteiger partial charge in [0.1, 0.15) is 0 Å². The Labute approximate surface area is 145 Å². The van der Waals surface area contributed by atoms with Crippen LogP contribution in [0.5, 0.6) is 0 Å². The Morgan fingerprint density at radius 3 is 1.43 bits per heavy atom. The highest BCUT2D eigenvalue weighted by molar-refractivity contribution is 7.98. The second-order valence-corrected chi connectivity index (χ2v) is 6.93. The molecule has 1 aliphatic rings. The maximum Gasteiger partial charge on any atom is 0.225 e. The standard InChI is InChI=1S/C15H20N6S2/c1-22-12-8-16-14(17-9-12)20-4-3-5-21(7-6-20)15-18-10-13(23-2)11-19-15/h8-11H,3-7H2,1-2H3. The van der Waals surface area contributed by atoms with E-state index in [0.29, 0.717) is 0 Å². The predicted molar refractivity (Wildman–Crippen MR) is 96.7 cm³/mol. The molecular weight excluding hydrogens is 328 g/mol. The van der Waals surface area contributed by atoms with Crippen LogP contribution in [0.2, 0.25) is 0 Å². The highest BCUT2D eigenvalue weighted by atomic mass is 32.2. The third kappa shape index (κ3) is 4.06. The molecule has 1 fully saturated rings. The van der Waals surface area contributed by atoms with Crippen LogP contribution in [0.1, 0.15) is 6.42 Å². The summed E-state index contributed by atoms with van der Waals surface area (Å²) in [5.74, 6) is 1.62. The molecule has 23 heavy (non-hydrogen) atoms. The van der Waals surface area contributed by atoms with Crippen LogP contribution in [0.15, 0.2) is 34.6 Å². The molecular formula is C15H20N6S2. The van der Waals surface area contributed by atoms with Crippen LogP contribution in [0.25, 0.3) is 0 Å². The van der Waals surface area contributed by atoms with Crippen molar-refractivity contribution in [1.82, 2.24) is 19.9 Å². The zero-order chi connectivity index (χ0) is 16.1. The van der Waals surface area contributed by atoms with Crippen LogP contribution in [0, 0.1) is 0 Å². The molecule has 0 saturated carbocycles. The summed E-state index contributed by atoms with van der Waals surface area (Å²) in [4.78, 5) is 24.6. The van der Waals surface area contributed by atoms with E-state index < -0.39 is 0 Å². The zero-order valence-electron chi connectivity index (χ0n) is 13.3. The predicted octanol–water partition coefficient (Wildman–Crippen LogP) is 2.43. The molecule has 0 atom stereocenters. The lowest BCUT2D eigenvalue weighted by molar-refractivity contribution is 0.775. The van der Waals surface area contributed by atoms with Gasteiger partial charge in [0, 0.05) is 60.8 Å². The smallest absolute Gasteiger partial charge is 0.225 e. The molecule has 0 radical (unpaired) electrons. The van der Waals surface area contributed by atoms with E-state index in [4.69, 9.17) is 0 Å². The first-order chi connectivity index (χ1) is 11.3. The molecule has 0 bridgehead atoms. The minimum Gasteiger partial charge on any atom is -0.339 e. The Kier molecular flexibility index (Phi) is 5.56. The quantitative estimate of drug-likeness (QED) is 0.781. The van der Waals surface area contributed by atoms with Crippen molar-refractivity contribution in [2.24, 2.45) is 0 Å². The SMILES string of the molecule is CSc1cnc(N2CCCN(c3ncc(SC)cn3)CC2)nc1. The van der Waals surface area contributed by atoms with Crippen LogP contribution < -0.4 is 9.80 Å². The van der Waals surface area contributed by atoms with Gasteiger partial charge in [-0.1, -0.05) is 0 Å². The van der Waals surface area contributed by atoms with E-state index in [1.807, 2.05) is 37.3 Å². The van der Waals surface area contributed by atoms with E-state index in [9.17, 15) is 0 Å². The topological polar surface area (TPSA) is 58.0 Å². The molecule has 0 N–H and O–H groups in total. The Bertz CT molecular complexity index is 563. The minimum absolute atomic E-state index is 0.809. The molecule has 0 aliphatic carbocycles. The molecule has 2 aromatic rings. The van der Waals surface area contributed by atoms with Gasteiger partial charge in [0.05, 0.1) is 0 Å². The monoisotopic (exact) mass is 348 g/mol. The average Bonchev–Trinajstić information content (AvgIpc) is 2.88. The van der Waals surface area contributed by atoms with Crippen molar-refractivity contribution >= 4 is 35.4 Å². The van der Waals surface area contributed by atoms with Crippen LogP contribution in [-0.4, -0.2) is 58.6 Å². The van der Waals surface area contributed by atoms with Crippen molar-refractivity contribution < 1.29 is 0 Å². The van der Waals surface area contributed by atoms with Gasteiger partial charge in [-0.3, -0.25) is 0 Å². The van der Waals surface area contributed by atoms with E-state index in [-0.39, 0.29) is 0 Å². The van der Waals surface area contributed by atoms with Crippen molar-refractivity contribution in [2.75, 3.05) is 48.5 Å². The summed E-state index contributed by atoms with van der Waals surface area (Å²) in [7, 11) is 0. The number of anilines is 2. The summed E-state index contributed by atoms with van der Waals surface area (Å²) in [5.41, 5.74) is 0. The van der Waals surface area contributed by atoms with Gasteiger partial charge in [0.25, 0.3) is 0 Å². The van der Waals surface area contributed by atoms with Crippen LogP contribution >= 0.6 is 23.5 Å². The van der Waals surface area contributed by atoms with Gasteiger partial charge >= 0.3 is 0 Å². The zero-order valence-corrected chi connectivity index (χ0v) is 15.0. The molecule has 2 aromatic heterocycles. The summed E-state index contributed by atoms with van der Waals surface area (Å²) >= 11 is 3.32. The first-order valence-electron chi connectivity index (χ1n) is 7.52. The Morgan fingerprint density at radius 2 is 1.09 bits per heavy atom. The fraction of sp³-hybridized carbons (Fsp3) is 0.467. The first kappa shape index (κ1) is 16.3. The molecule has 0 spiro atoms. The molecule has 0 amide bonds. The van der Waals surface area contributed by atoms with Crippen molar-refractivity contribution in [1.29, 1.82) is 0 Å². The number of thioether (sulfide) groups is 2. The van der Waals surface area contributed by atoms with E-state index in [2.05, 4.69) is 29.7 Å². The van der Waals surface area contributed by atoms with Gasteiger partial charge in [-0.2, -0.15) is 0 Å². The average molecular weight is 349 g/mol. The van der Waals surface area contributed by atoms with E-state index in [1.165, 1.54) is 0 Å². The molecule has 3 rings (SSSR count). The fourth-order valence-corrected chi connectivity index (χ4v) is 3.11. The summed E-state index contributed by atoms with van der Waals surface area (Å²) in [6.07, 6.45) is 12.7. The molecule has 0 unspecified atom stereocenters. The lowest BCUT2D eigenvalue weighted by Crippen LogP contribution is -2.32. The largest absolute Gasteiger partial charge is 0.339 e. The van der Waals surface area contributed by atoms with Gasteiger partial charge < -0.3 is 9.80 Å². The summed E-state index contributed by atoms with van der Waals surface area (Å²) in [6.45, 7) is 3.68. The van der Waals surface area contributed by atoms with Gasteiger partial charge in [-0.05, 0) is 18.9 Å². The van der Waals surface area contributed by atoms with Crippen molar-refractivity contribution in [3.63, 3.8) is 0 Å². The van der Waals surface area contributed by atoms with E-state index in [0.717, 1.165) is 54.3 Å². The number of aromatic nitrogens is 4. The van der Waals surface area contributed by atoms with Gasteiger partial charge in [0.2, 0.25) is 11.9 Å². The molecule has 1 saturated heterocycles. The van der Waals surface area contributed by atoms with E-state index >= 15 is 0 Å². The van der Waals surface area contributed by atoms with Crippen molar-refractivity contribution in [2.45, 2.75) is 16.2 Å². The van der Waals surface area contributed by atoms with Gasteiger partial charge in [-0.25, -0.2) is 19.9 Å². The second kappa shape index (κ2) is 7.83. The lowest BCUT2D eigenvalue weighted by atomic mass is 10.4. The fourth-order valence-electron chi connectivity index (χ4n) is 2.47. The van der Waals surface area contributed by atoms with Crippen LogP contribution in [-0.2, 0) is 0 Å².